The molecule has 0 saturated heterocycles. The van der Waals surface area contributed by atoms with Gasteiger partial charge in [-0.15, -0.1) is 0 Å². The lowest BCUT2D eigenvalue weighted by atomic mass is 10.2. The molecule has 0 bridgehead atoms. The normalized spacial score (nSPS) is 10.9. The molecule has 0 atom stereocenters. The van der Waals surface area contributed by atoms with Crippen molar-refractivity contribution < 1.29 is 4.79 Å². The summed E-state index contributed by atoms with van der Waals surface area (Å²) < 4.78 is 0. The van der Waals surface area contributed by atoms with E-state index in [4.69, 9.17) is 0 Å². The minimum Gasteiger partial charge on any atom is -0.370 e. The number of pyridine rings is 1. The van der Waals surface area contributed by atoms with Crippen LogP contribution in [-0.2, 0) is 0 Å². The van der Waals surface area contributed by atoms with Crippen molar-refractivity contribution >= 4 is 28.3 Å². The van der Waals surface area contributed by atoms with E-state index < -0.39 is 0 Å². The van der Waals surface area contributed by atoms with E-state index in [2.05, 4.69) is 39.4 Å². The number of rotatable bonds is 5. The van der Waals surface area contributed by atoms with Gasteiger partial charge in [0.05, 0.1) is 11.2 Å². The van der Waals surface area contributed by atoms with Gasteiger partial charge in [0.15, 0.2) is 0 Å². The van der Waals surface area contributed by atoms with Crippen LogP contribution in [0.3, 0.4) is 0 Å². The number of anilines is 2. The maximum Gasteiger partial charge on any atom is 0.274 e. The molecule has 1 amide bonds. The standard InChI is InChI=1S/C19H21N5O/c1-12(2)11-21-17-10-16(22-13(3)23-17)19(25)24-15-8-4-6-14-7-5-9-20-18(14)15/h4-10,12H,11H2,1-3H3,(H,24,25)(H,21,22,23). The van der Waals surface area contributed by atoms with Crippen molar-refractivity contribution in [2.24, 2.45) is 5.92 Å². The third-order valence-corrected chi connectivity index (χ3v) is 3.64. The van der Waals surface area contributed by atoms with Gasteiger partial charge in [-0.2, -0.15) is 0 Å². The molecule has 25 heavy (non-hydrogen) atoms. The SMILES string of the molecule is Cc1nc(NCC(C)C)cc(C(=O)Nc2cccc3cccnc23)n1. The fourth-order valence-electron chi connectivity index (χ4n) is 2.47. The number of para-hydroxylation sites is 1. The summed E-state index contributed by atoms with van der Waals surface area (Å²) >= 11 is 0. The molecule has 0 aliphatic heterocycles. The van der Waals surface area contributed by atoms with Crippen LogP contribution in [0.25, 0.3) is 10.9 Å². The van der Waals surface area contributed by atoms with E-state index >= 15 is 0 Å². The van der Waals surface area contributed by atoms with E-state index in [1.807, 2.05) is 30.3 Å². The summed E-state index contributed by atoms with van der Waals surface area (Å²) in [5, 5.41) is 7.10. The number of amides is 1. The maximum atomic E-state index is 12.6. The average Bonchev–Trinajstić information content (AvgIpc) is 2.60. The van der Waals surface area contributed by atoms with Crippen LogP contribution in [0.1, 0.15) is 30.2 Å². The van der Waals surface area contributed by atoms with E-state index in [-0.39, 0.29) is 5.91 Å². The molecular formula is C19H21N5O. The highest BCUT2D eigenvalue weighted by molar-refractivity contribution is 6.07. The van der Waals surface area contributed by atoms with E-state index in [1.54, 1.807) is 19.2 Å². The predicted molar refractivity (Wildman–Crippen MR) is 99.8 cm³/mol. The lowest BCUT2D eigenvalue weighted by Crippen LogP contribution is -2.17. The number of hydrogen-bond donors (Lipinski definition) is 2. The number of carbonyl (C=O) groups excluding carboxylic acids is 1. The Morgan fingerprint density at radius 3 is 2.76 bits per heavy atom. The van der Waals surface area contributed by atoms with Gasteiger partial charge in [0.1, 0.15) is 17.3 Å². The largest absolute Gasteiger partial charge is 0.370 e. The lowest BCUT2D eigenvalue weighted by Gasteiger charge is -2.11. The molecule has 2 N–H and O–H groups in total. The number of nitrogens with zero attached hydrogens (tertiary/aromatic N) is 3. The summed E-state index contributed by atoms with van der Waals surface area (Å²) in [6.07, 6.45) is 1.71. The monoisotopic (exact) mass is 335 g/mol. The smallest absolute Gasteiger partial charge is 0.274 e. The number of carbonyl (C=O) groups is 1. The first-order valence-corrected chi connectivity index (χ1v) is 8.27. The minimum atomic E-state index is -0.281. The molecule has 6 nitrogen and oxygen atoms in total. The van der Waals surface area contributed by atoms with Crippen LogP contribution in [0.5, 0.6) is 0 Å². The fourth-order valence-corrected chi connectivity index (χ4v) is 2.47. The molecular weight excluding hydrogens is 314 g/mol. The summed E-state index contributed by atoms with van der Waals surface area (Å²) in [4.78, 5) is 25.6. The van der Waals surface area contributed by atoms with Gasteiger partial charge in [-0.1, -0.05) is 32.0 Å². The summed E-state index contributed by atoms with van der Waals surface area (Å²) in [6, 6.07) is 11.2. The van der Waals surface area contributed by atoms with Crippen molar-refractivity contribution in [2.75, 3.05) is 17.2 Å². The number of aromatic nitrogens is 3. The minimum absolute atomic E-state index is 0.281. The Morgan fingerprint density at radius 2 is 1.96 bits per heavy atom. The number of fused-ring (bicyclic) bond motifs is 1. The molecule has 6 heteroatoms. The average molecular weight is 335 g/mol. The van der Waals surface area contributed by atoms with Gasteiger partial charge in [0.2, 0.25) is 0 Å². The first-order chi connectivity index (χ1) is 12.0. The first kappa shape index (κ1) is 16.8. The highest BCUT2D eigenvalue weighted by atomic mass is 16.1. The van der Waals surface area contributed by atoms with Crippen LogP contribution >= 0.6 is 0 Å². The van der Waals surface area contributed by atoms with Crippen LogP contribution in [0, 0.1) is 12.8 Å². The Balaban J connectivity index is 1.85. The summed E-state index contributed by atoms with van der Waals surface area (Å²) in [5.74, 6) is 1.41. The molecule has 2 aromatic heterocycles. The van der Waals surface area contributed by atoms with E-state index in [0.29, 0.717) is 28.9 Å². The van der Waals surface area contributed by atoms with Crippen molar-refractivity contribution in [3.05, 3.63) is 54.1 Å². The maximum absolute atomic E-state index is 12.6. The van der Waals surface area contributed by atoms with Gasteiger partial charge >= 0.3 is 0 Å². The molecule has 128 valence electrons. The van der Waals surface area contributed by atoms with Crippen LogP contribution < -0.4 is 10.6 Å². The first-order valence-electron chi connectivity index (χ1n) is 8.27. The summed E-state index contributed by atoms with van der Waals surface area (Å²) in [7, 11) is 0. The third-order valence-electron chi connectivity index (χ3n) is 3.64. The lowest BCUT2D eigenvalue weighted by molar-refractivity contribution is 0.102. The molecule has 0 fully saturated rings. The van der Waals surface area contributed by atoms with Crippen LogP contribution in [0.4, 0.5) is 11.5 Å². The van der Waals surface area contributed by atoms with Crippen molar-refractivity contribution in [3.8, 4) is 0 Å². The Kier molecular flexibility index (Phi) is 4.88. The van der Waals surface area contributed by atoms with Crippen molar-refractivity contribution in [3.63, 3.8) is 0 Å². The van der Waals surface area contributed by atoms with Crippen molar-refractivity contribution in [1.82, 2.24) is 15.0 Å². The van der Waals surface area contributed by atoms with Gasteiger partial charge < -0.3 is 10.6 Å². The number of nitrogens with one attached hydrogen (secondary N) is 2. The van der Waals surface area contributed by atoms with Gasteiger partial charge in [-0.25, -0.2) is 9.97 Å². The van der Waals surface area contributed by atoms with E-state index in [9.17, 15) is 4.79 Å². The highest BCUT2D eigenvalue weighted by Gasteiger charge is 2.13. The van der Waals surface area contributed by atoms with Gasteiger partial charge in [-0.3, -0.25) is 9.78 Å². The van der Waals surface area contributed by atoms with Crippen LogP contribution in [-0.4, -0.2) is 27.4 Å². The topological polar surface area (TPSA) is 79.8 Å². The van der Waals surface area contributed by atoms with E-state index in [0.717, 1.165) is 17.4 Å². The zero-order chi connectivity index (χ0) is 17.8. The van der Waals surface area contributed by atoms with Crippen molar-refractivity contribution in [2.45, 2.75) is 20.8 Å². The fraction of sp³-hybridized carbons (Fsp3) is 0.263. The van der Waals surface area contributed by atoms with Gasteiger partial charge in [-0.05, 0) is 25.0 Å². The van der Waals surface area contributed by atoms with Crippen LogP contribution in [0.2, 0.25) is 0 Å². The Hall–Kier alpha value is -3.02. The molecule has 2 heterocycles. The zero-order valence-corrected chi connectivity index (χ0v) is 14.6. The highest BCUT2D eigenvalue weighted by Crippen LogP contribution is 2.21. The molecule has 0 aliphatic rings. The molecule has 0 saturated carbocycles. The molecule has 1 aromatic carbocycles. The third kappa shape index (κ3) is 4.09. The number of hydrogen-bond acceptors (Lipinski definition) is 5. The second-order valence-corrected chi connectivity index (χ2v) is 6.30. The van der Waals surface area contributed by atoms with Gasteiger partial charge in [0, 0.05) is 24.2 Å². The molecule has 0 aliphatic carbocycles. The summed E-state index contributed by atoms with van der Waals surface area (Å²) in [6.45, 7) is 6.78. The van der Waals surface area contributed by atoms with E-state index in [1.165, 1.54) is 0 Å². The number of benzene rings is 1. The van der Waals surface area contributed by atoms with Crippen LogP contribution in [0.15, 0.2) is 42.6 Å². The molecule has 0 spiro atoms. The Morgan fingerprint density at radius 1 is 1.16 bits per heavy atom. The quantitative estimate of drug-likeness (QED) is 0.744. The van der Waals surface area contributed by atoms with Crippen molar-refractivity contribution in [1.29, 1.82) is 0 Å². The predicted octanol–water partition coefficient (Wildman–Crippen LogP) is 3.65. The second kappa shape index (κ2) is 7.25. The molecule has 3 aromatic rings. The molecule has 0 unspecified atom stereocenters. The Labute approximate surface area is 146 Å². The number of aryl methyl sites for hydroxylation is 1. The zero-order valence-electron chi connectivity index (χ0n) is 14.6. The second-order valence-electron chi connectivity index (χ2n) is 6.30. The van der Waals surface area contributed by atoms with Gasteiger partial charge in [0.25, 0.3) is 5.91 Å². The molecule has 3 rings (SSSR count). The Bertz CT molecular complexity index is 902. The molecule has 0 radical (unpaired) electrons. The summed E-state index contributed by atoms with van der Waals surface area (Å²) in [5.41, 5.74) is 1.74.